The van der Waals surface area contributed by atoms with Crippen LogP contribution in [-0.4, -0.2) is 38.5 Å². The zero-order chi connectivity index (χ0) is 19.9. The van der Waals surface area contributed by atoms with Gasteiger partial charge in [-0.2, -0.15) is 4.68 Å². The van der Waals surface area contributed by atoms with Crippen molar-refractivity contribution in [3.05, 3.63) is 54.1 Å². The summed E-state index contributed by atoms with van der Waals surface area (Å²) >= 11 is 1.23. The lowest BCUT2D eigenvalue weighted by Crippen LogP contribution is -2.11. The molecule has 3 aromatic rings. The summed E-state index contributed by atoms with van der Waals surface area (Å²) in [6.45, 7) is 6.79. The predicted octanol–water partition coefficient (Wildman–Crippen LogP) is 3.88. The molecule has 0 saturated carbocycles. The summed E-state index contributed by atoms with van der Waals surface area (Å²) < 4.78 is 12.3. The van der Waals surface area contributed by atoms with Crippen molar-refractivity contribution in [1.29, 1.82) is 0 Å². The third-order valence-corrected chi connectivity index (χ3v) is 4.82. The number of carbonyl (C=O) groups excluding carboxylic acids is 1. The van der Waals surface area contributed by atoms with E-state index < -0.39 is 0 Å². The Morgan fingerprint density at radius 3 is 2.39 bits per heavy atom. The number of rotatable bonds is 8. The fraction of sp³-hybridized carbons (Fsp3) is 0.300. The molecule has 0 N–H and O–H groups in total. The van der Waals surface area contributed by atoms with Gasteiger partial charge in [-0.25, -0.2) is 0 Å². The van der Waals surface area contributed by atoms with Crippen LogP contribution in [0.25, 0.3) is 5.69 Å². The molecule has 0 amide bonds. The Kier molecular flexibility index (Phi) is 6.65. The van der Waals surface area contributed by atoms with Gasteiger partial charge in [0.15, 0.2) is 0 Å². The largest absolute Gasteiger partial charge is 0.494 e. The summed E-state index contributed by atoms with van der Waals surface area (Å²) in [5, 5.41) is 12.3. The van der Waals surface area contributed by atoms with E-state index in [0.717, 1.165) is 11.4 Å². The third-order valence-electron chi connectivity index (χ3n) is 3.93. The van der Waals surface area contributed by atoms with Crippen molar-refractivity contribution in [1.82, 2.24) is 20.2 Å². The third kappa shape index (κ3) is 5.10. The molecule has 28 heavy (non-hydrogen) atoms. The molecule has 0 atom stereocenters. The van der Waals surface area contributed by atoms with E-state index in [4.69, 9.17) is 9.47 Å². The van der Waals surface area contributed by atoms with E-state index >= 15 is 0 Å². The summed E-state index contributed by atoms with van der Waals surface area (Å²) in [6.07, 6.45) is 0. The van der Waals surface area contributed by atoms with Crippen LogP contribution in [-0.2, 0) is 4.79 Å². The standard InChI is InChI=1S/C20H22N4O3S/c1-4-26-17-9-11-18(12-10-17)27-19(25)13-28-20-21-22-23-24(20)16-7-5-15(6-8-16)14(2)3/h5-12,14H,4,13H2,1-3H3. The highest BCUT2D eigenvalue weighted by atomic mass is 32.2. The van der Waals surface area contributed by atoms with Crippen molar-refractivity contribution in [3.63, 3.8) is 0 Å². The Labute approximate surface area is 168 Å². The lowest BCUT2D eigenvalue weighted by atomic mass is 10.0. The van der Waals surface area contributed by atoms with E-state index in [2.05, 4.69) is 41.5 Å². The SMILES string of the molecule is CCOc1ccc(OC(=O)CSc2nnnn2-c2ccc(C(C)C)cc2)cc1. The van der Waals surface area contributed by atoms with Crippen molar-refractivity contribution in [3.8, 4) is 17.2 Å². The maximum absolute atomic E-state index is 12.1. The van der Waals surface area contributed by atoms with Crippen LogP contribution in [0, 0.1) is 0 Å². The number of esters is 1. The van der Waals surface area contributed by atoms with Crippen molar-refractivity contribution < 1.29 is 14.3 Å². The number of tetrazole rings is 1. The summed E-state index contributed by atoms with van der Waals surface area (Å²) in [5.74, 6) is 1.38. The van der Waals surface area contributed by atoms with Crippen LogP contribution in [0.15, 0.2) is 53.7 Å². The number of carbonyl (C=O) groups is 1. The predicted molar refractivity (Wildman–Crippen MR) is 107 cm³/mol. The molecular weight excluding hydrogens is 376 g/mol. The van der Waals surface area contributed by atoms with Crippen LogP contribution in [0.4, 0.5) is 0 Å². The minimum atomic E-state index is -0.376. The monoisotopic (exact) mass is 398 g/mol. The van der Waals surface area contributed by atoms with Crippen LogP contribution >= 0.6 is 11.8 Å². The van der Waals surface area contributed by atoms with Gasteiger partial charge in [-0.3, -0.25) is 4.79 Å². The number of benzene rings is 2. The molecule has 0 aliphatic heterocycles. The fourth-order valence-corrected chi connectivity index (χ4v) is 3.15. The molecule has 0 radical (unpaired) electrons. The van der Waals surface area contributed by atoms with Gasteiger partial charge in [-0.15, -0.1) is 5.10 Å². The number of hydrogen-bond donors (Lipinski definition) is 0. The summed E-state index contributed by atoms with van der Waals surface area (Å²) in [4.78, 5) is 12.1. The second kappa shape index (κ2) is 9.36. The van der Waals surface area contributed by atoms with Crippen LogP contribution in [0.5, 0.6) is 11.5 Å². The summed E-state index contributed by atoms with van der Waals surface area (Å²) in [7, 11) is 0. The highest BCUT2D eigenvalue weighted by Gasteiger charge is 2.13. The maximum atomic E-state index is 12.1. The first-order valence-electron chi connectivity index (χ1n) is 9.02. The molecule has 1 aromatic heterocycles. The molecule has 2 aromatic carbocycles. The van der Waals surface area contributed by atoms with Crippen LogP contribution in [0.3, 0.4) is 0 Å². The zero-order valence-corrected chi connectivity index (χ0v) is 16.8. The lowest BCUT2D eigenvalue weighted by Gasteiger charge is -2.08. The van der Waals surface area contributed by atoms with Gasteiger partial charge in [0.1, 0.15) is 11.5 Å². The van der Waals surface area contributed by atoms with E-state index in [1.807, 2.05) is 19.1 Å². The quantitative estimate of drug-likeness (QED) is 0.324. The minimum Gasteiger partial charge on any atom is -0.494 e. The molecule has 0 saturated heterocycles. The molecule has 0 aliphatic carbocycles. The first kappa shape index (κ1) is 19.9. The Bertz CT molecular complexity index is 908. The summed E-state index contributed by atoms with van der Waals surface area (Å²) in [6, 6.07) is 15.0. The smallest absolute Gasteiger partial charge is 0.321 e. The van der Waals surface area contributed by atoms with E-state index in [-0.39, 0.29) is 11.7 Å². The molecule has 3 rings (SSSR count). The molecule has 0 spiro atoms. The number of aromatic nitrogens is 4. The van der Waals surface area contributed by atoms with Crippen LogP contribution < -0.4 is 9.47 Å². The highest BCUT2D eigenvalue weighted by molar-refractivity contribution is 7.99. The van der Waals surface area contributed by atoms with Crippen molar-refractivity contribution >= 4 is 17.7 Å². The van der Waals surface area contributed by atoms with E-state index in [1.165, 1.54) is 17.3 Å². The maximum Gasteiger partial charge on any atom is 0.321 e. The van der Waals surface area contributed by atoms with E-state index in [0.29, 0.717) is 23.4 Å². The summed E-state index contributed by atoms with van der Waals surface area (Å²) in [5.41, 5.74) is 2.08. The highest BCUT2D eigenvalue weighted by Crippen LogP contribution is 2.22. The van der Waals surface area contributed by atoms with Gasteiger partial charge >= 0.3 is 5.97 Å². The van der Waals surface area contributed by atoms with Crippen molar-refractivity contribution in [2.24, 2.45) is 0 Å². The van der Waals surface area contributed by atoms with Gasteiger partial charge in [0.25, 0.3) is 0 Å². The second-order valence-electron chi connectivity index (χ2n) is 6.29. The van der Waals surface area contributed by atoms with Gasteiger partial charge in [0.2, 0.25) is 5.16 Å². The van der Waals surface area contributed by atoms with Crippen molar-refractivity contribution in [2.75, 3.05) is 12.4 Å². The first-order chi connectivity index (χ1) is 13.6. The average molecular weight is 398 g/mol. The number of hydrogen-bond acceptors (Lipinski definition) is 7. The molecule has 7 nitrogen and oxygen atoms in total. The van der Waals surface area contributed by atoms with Gasteiger partial charge < -0.3 is 9.47 Å². The molecule has 0 bridgehead atoms. The molecule has 146 valence electrons. The van der Waals surface area contributed by atoms with Crippen molar-refractivity contribution in [2.45, 2.75) is 31.8 Å². The molecule has 0 aliphatic rings. The fourth-order valence-electron chi connectivity index (χ4n) is 2.49. The first-order valence-corrected chi connectivity index (χ1v) is 10.0. The van der Waals surface area contributed by atoms with Gasteiger partial charge in [0.05, 0.1) is 18.0 Å². The van der Waals surface area contributed by atoms with Crippen LogP contribution in [0.2, 0.25) is 0 Å². The van der Waals surface area contributed by atoms with Crippen LogP contribution in [0.1, 0.15) is 32.3 Å². The molecule has 8 heteroatoms. The molecular formula is C20H22N4O3S. The Morgan fingerprint density at radius 2 is 1.75 bits per heavy atom. The molecule has 0 unspecified atom stereocenters. The second-order valence-corrected chi connectivity index (χ2v) is 7.23. The Balaban J connectivity index is 1.59. The zero-order valence-electron chi connectivity index (χ0n) is 16.0. The van der Waals surface area contributed by atoms with Gasteiger partial charge in [-0.1, -0.05) is 37.7 Å². The normalized spacial score (nSPS) is 10.9. The number of nitrogens with zero attached hydrogens (tertiary/aromatic N) is 4. The Hall–Kier alpha value is -2.87. The van der Waals surface area contributed by atoms with E-state index in [9.17, 15) is 4.79 Å². The number of thioether (sulfide) groups is 1. The Morgan fingerprint density at radius 1 is 1.07 bits per heavy atom. The number of ether oxygens (including phenoxy) is 2. The molecule has 1 heterocycles. The topological polar surface area (TPSA) is 79.1 Å². The van der Waals surface area contributed by atoms with E-state index in [1.54, 1.807) is 28.9 Å². The average Bonchev–Trinajstić information content (AvgIpc) is 3.17. The van der Waals surface area contributed by atoms with Gasteiger partial charge in [0, 0.05) is 0 Å². The van der Waals surface area contributed by atoms with Gasteiger partial charge in [-0.05, 0) is 65.2 Å². The molecule has 0 fully saturated rings. The minimum absolute atomic E-state index is 0.0949. The lowest BCUT2D eigenvalue weighted by molar-refractivity contribution is -0.131.